The molecule has 2 heteroatoms. The van der Waals surface area contributed by atoms with Crippen LogP contribution in [0.3, 0.4) is 0 Å². The summed E-state index contributed by atoms with van der Waals surface area (Å²) in [5.41, 5.74) is 9.61. The molecule has 4 bridgehead atoms. The first-order valence-corrected chi connectivity index (χ1v) is 15.2. The third-order valence-corrected chi connectivity index (χ3v) is 10.3. The van der Waals surface area contributed by atoms with E-state index in [-0.39, 0.29) is 0 Å². The van der Waals surface area contributed by atoms with E-state index in [1.54, 1.807) is 24.3 Å². The van der Waals surface area contributed by atoms with Gasteiger partial charge in [0.05, 0.1) is 0 Å². The maximum atomic E-state index is 9.36. The van der Waals surface area contributed by atoms with E-state index in [0.717, 1.165) is 62.3 Å². The highest BCUT2D eigenvalue weighted by molar-refractivity contribution is 5.70. The summed E-state index contributed by atoms with van der Waals surface area (Å²) < 4.78 is 86.1. The lowest BCUT2D eigenvalue weighted by atomic mass is 9.79. The fourth-order valence-electron chi connectivity index (χ4n) is 8.16. The van der Waals surface area contributed by atoms with Gasteiger partial charge in [0.25, 0.3) is 0 Å². The molecule has 0 spiro atoms. The highest BCUT2D eigenvalue weighted by atomic mass is 14.9. The van der Waals surface area contributed by atoms with Crippen molar-refractivity contribution in [1.82, 2.24) is 0 Å². The molecule has 0 amide bonds. The normalized spacial score (nSPS) is 35.0. The lowest BCUT2D eigenvalue weighted by Crippen LogP contribution is -2.33. The van der Waals surface area contributed by atoms with Crippen molar-refractivity contribution in [2.75, 3.05) is 0 Å². The molecule has 4 aromatic rings. The molecule has 42 heavy (non-hydrogen) atoms. The van der Waals surface area contributed by atoms with Crippen molar-refractivity contribution in [3.8, 4) is 22.5 Å². The zero-order valence-corrected chi connectivity index (χ0v) is 25.7. The first kappa shape index (κ1) is 18.4. The quantitative estimate of drug-likeness (QED) is 0.214. The van der Waals surface area contributed by atoms with Crippen LogP contribution in [0, 0.1) is 33.0 Å². The van der Waals surface area contributed by atoms with Crippen LogP contribution < -0.4 is 9.13 Å². The lowest BCUT2D eigenvalue weighted by molar-refractivity contribution is -0.661. The number of pyridine rings is 2. The van der Waals surface area contributed by atoms with Crippen LogP contribution >= 0.6 is 0 Å². The van der Waals surface area contributed by atoms with Crippen molar-refractivity contribution < 1.29 is 22.8 Å². The summed E-state index contributed by atoms with van der Waals surface area (Å²) in [5, 5.41) is 0. The van der Waals surface area contributed by atoms with E-state index >= 15 is 0 Å². The molecule has 2 fully saturated rings. The lowest BCUT2D eigenvalue weighted by Gasteiger charge is -2.24. The second-order valence-corrected chi connectivity index (χ2v) is 13.2. The Labute approximate surface area is 267 Å². The Hall–Kier alpha value is -3.26. The molecular formula is C40H48N2+2. The van der Waals surface area contributed by atoms with Crippen LogP contribution in [0.15, 0.2) is 60.9 Å². The minimum absolute atomic E-state index is 0.332. The predicted octanol–water partition coefficient (Wildman–Crippen LogP) is 8.96. The molecule has 216 valence electrons. The topological polar surface area (TPSA) is 7.76 Å². The Morgan fingerprint density at radius 2 is 1.24 bits per heavy atom. The van der Waals surface area contributed by atoms with Crippen LogP contribution in [0.25, 0.3) is 22.5 Å². The molecule has 2 saturated carbocycles. The Morgan fingerprint density at radius 3 is 1.83 bits per heavy atom. The SMILES string of the molecule is [2H]C([2H])([2H])c1ccc(-c2c3c(cc[n+]2C)C2([2H])CCC3([2H])C2(C)C)c(C)c1.[2H]C([2H])([2H])c1ccc(-c2c3c(cc[n+]2C)C2([2H])CCC3([2H])C2)c(C)c1. The molecule has 0 aliphatic heterocycles. The van der Waals surface area contributed by atoms with E-state index in [0.29, 0.717) is 36.8 Å². The van der Waals surface area contributed by atoms with Crippen LogP contribution in [0.1, 0.15) is 128 Å². The standard InChI is InChI=1S/C21H26N.C19H22N/c1-13-6-7-15(14(2)12-13)20-19-16(10-11-22(20)5)17-8-9-18(19)21(17,3)4;1-12-4-7-16(13(2)10-12)19-18-15-6-5-14(11-15)17(18)8-9-20(19)3/h6-7,10-12,17-18H,8-9H2,1-5H3;4,7-10,14-15H,5-6,11H2,1-3H3/q2*+1/i1D3,17D,18D;1D3,14D,15D. The largest absolute Gasteiger partial charge is 0.216 e. The molecule has 4 atom stereocenters. The van der Waals surface area contributed by atoms with Crippen molar-refractivity contribution in [2.24, 2.45) is 19.5 Å². The van der Waals surface area contributed by atoms with Gasteiger partial charge in [0.15, 0.2) is 12.4 Å². The predicted molar refractivity (Wildman–Crippen MR) is 173 cm³/mol. The van der Waals surface area contributed by atoms with E-state index < -0.39 is 42.7 Å². The number of hydrogen-bond acceptors (Lipinski definition) is 0. The molecule has 2 nitrogen and oxygen atoms in total. The van der Waals surface area contributed by atoms with Crippen LogP contribution in [0.5, 0.6) is 0 Å². The van der Waals surface area contributed by atoms with Gasteiger partial charge >= 0.3 is 0 Å². The minimum Gasteiger partial charge on any atom is -0.201 e. The third-order valence-electron chi connectivity index (χ3n) is 10.3. The van der Waals surface area contributed by atoms with E-state index in [2.05, 4.69) is 0 Å². The highest BCUT2D eigenvalue weighted by Gasteiger charge is 2.54. The fraction of sp³-hybridized carbons (Fsp3) is 0.450. The van der Waals surface area contributed by atoms with Gasteiger partial charge in [-0.15, -0.1) is 0 Å². The summed E-state index contributed by atoms with van der Waals surface area (Å²) in [7, 11) is 3.92. The molecule has 2 aromatic heterocycles. The first-order valence-electron chi connectivity index (χ1n) is 20.2. The van der Waals surface area contributed by atoms with Crippen LogP contribution in [-0.4, -0.2) is 0 Å². The van der Waals surface area contributed by atoms with Gasteiger partial charge in [-0.2, -0.15) is 0 Å². The second kappa shape index (κ2) is 9.90. The summed E-state index contributed by atoms with van der Waals surface area (Å²) in [6.07, 6.45) is 7.34. The number of hydrogen-bond donors (Lipinski definition) is 0. The van der Waals surface area contributed by atoms with E-state index in [9.17, 15) is 2.74 Å². The number of benzene rings is 2. The van der Waals surface area contributed by atoms with Gasteiger partial charge in [-0.1, -0.05) is 49.2 Å². The van der Waals surface area contributed by atoms with Gasteiger partial charge in [-0.3, -0.25) is 0 Å². The van der Waals surface area contributed by atoms with Gasteiger partial charge < -0.3 is 0 Å². The summed E-state index contributed by atoms with van der Waals surface area (Å²) in [6.45, 7) is 3.69. The van der Waals surface area contributed by atoms with Gasteiger partial charge in [-0.05, 0) is 123 Å². The number of rotatable bonds is 2. The first-order chi connectivity index (χ1) is 23.9. The average Bonchev–Trinajstić information content (AvgIpc) is 3.59. The number of fused-ring (bicyclic) bond motifs is 10. The van der Waals surface area contributed by atoms with E-state index in [1.165, 1.54) is 0 Å². The van der Waals surface area contributed by atoms with Gasteiger partial charge in [0, 0.05) is 48.1 Å². The second-order valence-electron chi connectivity index (χ2n) is 13.2. The zero-order valence-electron chi connectivity index (χ0n) is 35.7. The highest BCUT2D eigenvalue weighted by Crippen LogP contribution is 2.65. The number of aryl methyl sites for hydroxylation is 6. The Kier molecular flexibility index (Phi) is 4.34. The molecule has 2 aromatic carbocycles. The smallest absolute Gasteiger partial charge is 0.201 e. The van der Waals surface area contributed by atoms with E-state index in [4.69, 9.17) is 11.0 Å². The Bertz CT molecular complexity index is 2150. The fourth-order valence-corrected chi connectivity index (χ4v) is 8.16. The van der Waals surface area contributed by atoms with Crippen molar-refractivity contribution >= 4 is 0 Å². The van der Waals surface area contributed by atoms with Crippen molar-refractivity contribution in [3.05, 3.63) is 105 Å². The van der Waals surface area contributed by atoms with Crippen LogP contribution in [-0.2, 0) is 14.1 Å². The summed E-state index contributed by atoms with van der Waals surface area (Å²) >= 11 is 0. The van der Waals surface area contributed by atoms with E-state index in [1.807, 2.05) is 87.6 Å². The number of aromatic nitrogens is 2. The summed E-state index contributed by atoms with van der Waals surface area (Å²) in [6, 6.07) is 14.5. The monoisotopic (exact) mass is 566 g/mol. The zero-order chi connectivity index (χ0) is 38.2. The third kappa shape index (κ3) is 4.12. The maximum Gasteiger partial charge on any atom is 0.216 e. The average molecular weight is 567 g/mol. The van der Waals surface area contributed by atoms with Gasteiger partial charge in [0.2, 0.25) is 11.4 Å². The molecule has 8 rings (SSSR count). The molecule has 4 aliphatic carbocycles. The molecule has 0 N–H and O–H groups in total. The Balaban J connectivity index is 0.000000162. The maximum absolute atomic E-state index is 9.36. The molecule has 4 unspecified atom stereocenters. The molecule has 4 aliphatic rings. The van der Waals surface area contributed by atoms with Crippen molar-refractivity contribution in [2.45, 2.75) is 97.1 Å². The molecule has 0 radical (unpaired) electrons. The van der Waals surface area contributed by atoms with Gasteiger partial charge in [-0.25, -0.2) is 9.13 Å². The molecule has 2 heterocycles. The summed E-state index contributed by atoms with van der Waals surface area (Å²) in [4.78, 5) is 0. The van der Waals surface area contributed by atoms with Crippen LogP contribution in [0.4, 0.5) is 0 Å². The van der Waals surface area contributed by atoms with Crippen molar-refractivity contribution in [3.63, 3.8) is 0 Å². The van der Waals surface area contributed by atoms with Gasteiger partial charge in [0.1, 0.15) is 14.1 Å². The molecule has 0 saturated heterocycles. The minimum atomic E-state index is -2.13. The van der Waals surface area contributed by atoms with Crippen molar-refractivity contribution in [1.29, 1.82) is 0 Å². The number of nitrogens with zero attached hydrogens (tertiary/aromatic N) is 2. The summed E-state index contributed by atoms with van der Waals surface area (Å²) in [5.74, 6) is -2.92. The molecular weight excluding hydrogens is 508 g/mol. The Morgan fingerprint density at radius 1 is 0.690 bits per heavy atom. The van der Waals surface area contributed by atoms with Crippen LogP contribution in [0.2, 0.25) is 0 Å².